The van der Waals surface area contributed by atoms with Gasteiger partial charge < -0.3 is 15.0 Å². The Labute approximate surface area is 132 Å². The zero-order valence-corrected chi connectivity index (χ0v) is 13.9. The van der Waals surface area contributed by atoms with Crippen molar-refractivity contribution < 1.29 is 14.3 Å². The Bertz CT molecular complexity index is 537. The number of carbonyl (C=O) groups is 2. The van der Waals surface area contributed by atoms with Gasteiger partial charge in [0.25, 0.3) is 0 Å². The Morgan fingerprint density at radius 3 is 2.52 bits per heavy atom. The van der Waals surface area contributed by atoms with Crippen LogP contribution in [0.4, 0.5) is 10.5 Å². The number of amides is 2. The van der Waals surface area contributed by atoms with Gasteiger partial charge in [0.2, 0.25) is 5.91 Å². The van der Waals surface area contributed by atoms with Gasteiger partial charge in [0.15, 0.2) is 0 Å². The van der Waals surface area contributed by atoms with Crippen LogP contribution in [-0.2, 0) is 9.53 Å². The molecule has 6 heteroatoms. The lowest BCUT2D eigenvalue weighted by atomic mass is 10.2. The number of hydrogen-bond acceptors (Lipinski definition) is 3. The van der Waals surface area contributed by atoms with Gasteiger partial charge in [-0.1, -0.05) is 15.9 Å². The first-order valence-corrected chi connectivity index (χ1v) is 7.62. The summed E-state index contributed by atoms with van der Waals surface area (Å²) in [6, 6.07) is 6.99. The van der Waals surface area contributed by atoms with Gasteiger partial charge in [0, 0.05) is 16.7 Å². The summed E-state index contributed by atoms with van der Waals surface area (Å²) in [6.07, 6.45) is 0.0206. The van der Waals surface area contributed by atoms with Crippen LogP contribution in [0.5, 0.6) is 0 Å². The van der Waals surface area contributed by atoms with Gasteiger partial charge in [-0.3, -0.25) is 4.79 Å². The molecule has 2 amide bonds. The molecule has 0 spiro atoms. The largest absolute Gasteiger partial charge is 0.444 e. The molecular formula is C15H19BrN2O3. The molecule has 1 atom stereocenters. The van der Waals surface area contributed by atoms with Gasteiger partial charge in [-0.15, -0.1) is 0 Å². The van der Waals surface area contributed by atoms with Crippen LogP contribution in [0.2, 0.25) is 0 Å². The first-order valence-electron chi connectivity index (χ1n) is 6.83. The predicted molar refractivity (Wildman–Crippen MR) is 84.3 cm³/mol. The van der Waals surface area contributed by atoms with E-state index in [1.165, 1.54) is 0 Å². The Hall–Kier alpha value is -1.56. The number of nitrogens with one attached hydrogen (secondary N) is 1. The minimum atomic E-state index is -0.572. The first kappa shape index (κ1) is 15.8. The number of alkyl carbamates (subject to hydrolysis) is 1. The lowest BCUT2D eigenvalue weighted by Crippen LogP contribution is -2.43. The Kier molecular flexibility index (Phi) is 4.56. The van der Waals surface area contributed by atoms with Gasteiger partial charge in [0.05, 0.1) is 0 Å². The molecule has 1 heterocycles. The highest BCUT2D eigenvalue weighted by molar-refractivity contribution is 9.10. The van der Waals surface area contributed by atoms with Crippen LogP contribution in [0.3, 0.4) is 0 Å². The summed E-state index contributed by atoms with van der Waals surface area (Å²) in [6.45, 7) is 5.95. The van der Waals surface area contributed by atoms with Gasteiger partial charge in [0.1, 0.15) is 11.6 Å². The minimum Gasteiger partial charge on any atom is -0.444 e. The fourth-order valence-corrected chi connectivity index (χ4v) is 2.41. The fraction of sp³-hybridized carbons (Fsp3) is 0.467. The number of rotatable bonds is 2. The van der Waals surface area contributed by atoms with E-state index >= 15 is 0 Å². The van der Waals surface area contributed by atoms with E-state index in [9.17, 15) is 9.59 Å². The average molecular weight is 355 g/mol. The lowest BCUT2D eigenvalue weighted by molar-refractivity contribution is -0.118. The van der Waals surface area contributed by atoms with Gasteiger partial charge in [-0.2, -0.15) is 0 Å². The standard InChI is InChI=1S/C15H19BrN2O3/c1-15(2,3)21-14(20)17-12-8-9-18(13(12)19)11-6-4-10(16)5-7-11/h4-7,12H,8-9H2,1-3H3,(H,17,20). The highest BCUT2D eigenvalue weighted by Gasteiger charge is 2.34. The number of halogens is 1. The summed E-state index contributed by atoms with van der Waals surface area (Å²) in [4.78, 5) is 25.7. The second kappa shape index (κ2) is 6.05. The Balaban J connectivity index is 1.98. The summed E-state index contributed by atoms with van der Waals surface area (Å²) in [7, 11) is 0. The van der Waals surface area contributed by atoms with Gasteiger partial charge >= 0.3 is 6.09 Å². The van der Waals surface area contributed by atoms with E-state index < -0.39 is 17.7 Å². The molecule has 1 unspecified atom stereocenters. The van der Waals surface area contributed by atoms with Crippen molar-refractivity contribution in [3.05, 3.63) is 28.7 Å². The summed E-state index contributed by atoms with van der Waals surface area (Å²) >= 11 is 3.36. The van der Waals surface area contributed by atoms with Crippen LogP contribution in [-0.4, -0.2) is 30.2 Å². The van der Waals surface area contributed by atoms with Crippen molar-refractivity contribution in [2.75, 3.05) is 11.4 Å². The summed E-state index contributed by atoms with van der Waals surface area (Å²) in [5.41, 5.74) is 0.258. The molecular weight excluding hydrogens is 336 g/mol. The third-order valence-corrected chi connectivity index (χ3v) is 3.56. The molecule has 2 rings (SSSR count). The zero-order chi connectivity index (χ0) is 15.6. The molecule has 1 N–H and O–H groups in total. The molecule has 0 saturated carbocycles. The van der Waals surface area contributed by atoms with E-state index in [-0.39, 0.29) is 5.91 Å². The lowest BCUT2D eigenvalue weighted by Gasteiger charge is -2.21. The number of nitrogens with zero attached hydrogens (tertiary/aromatic N) is 1. The van der Waals surface area contributed by atoms with Crippen LogP contribution in [0, 0.1) is 0 Å². The summed E-state index contributed by atoms with van der Waals surface area (Å²) in [5.74, 6) is -0.108. The van der Waals surface area contributed by atoms with Crippen molar-refractivity contribution in [1.29, 1.82) is 0 Å². The number of benzene rings is 1. The second-order valence-electron chi connectivity index (χ2n) is 5.95. The maximum atomic E-state index is 12.3. The van der Waals surface area contributed by atoms with Crippen LogP contribution < -0.4 is 10.2 Å². The van der Waals surface area contributed by atoms with E-state index in [1.807, 2.05) is 24.3 Å². The normalized spacial score (nSPS) is 18.8. The molecule has 1 aliphatic rings. The molecule has 1 aromatic rings. The molecule has 1 fully saturated rings. The van der Waals surface area contributed by atoms with Crippen LogP contribution in [0.25, 0.3) is 0 Å². The SMILES string of the molecule is CC(C)(C)OC(=O)NC1CCN(c2ccc(Br)cc2)C1=O. The molecule has 21 heavy (non-hydrogen) atoms. The van der Waals surface area contributed by atoms with Crippen molar-refractivity contribution in [2.24, 2.45) is 0 Å². The van der Waals surface area contributed by atoms with Crippen LogP contribution in [0.15, 0.2) is 28.7 Å². The number of hydrogen-bond donors (Lipinski definition) is 1. The number of ether oxygens (including phenoxy) is 1. The third kappa shape index (κ3) is 4.20. The first-order chi connectivity index (χ1) is 9.76. The maximum absolute atomic E-state index is 12.3. The van der Waals surface area contributed by atoms with E-state index in [0.717, 1.165) is 10.2 Å². The van der Waals surface area contributed by atoms with E-state index in [1.54, 1.807) is 25.7 Å². The molecule has 114 valence electrons. The zero-order valence-electron chi connectivity index (χ0n) is 12.4. The molecule has 0 aromatic heterocycles. The smallest absolute Gasteiger partial charge is 0.408 e. The molecule has 0 bridgehead atoms. The highest BCUT2D eigenvalue weighted by atomic mass is 79.9. The van der Waals surface area contributed by atoms with E-state index in [2.05, 4.69) is 21.2 Å². The van der Waals surface area contributed by atoms with Crippen LogP contribution in [0.1, 0.15) is 27.2 Å². The number of carbonyl (C=O) groups excluding carboxylic acids is 2. The van der Waals surface area contributed by atoms with Gasteiger partial charge in [-0.25, -0.2) is 4.79 Å². The van der Waals surface area contributed by atoms with Crippen LogP contribution >= 0.6 is 15.9 Å². The Morgan fingerprint density at radius 1 is 1.33 bits per heavy atom. The molecule has 1 saturated heterocycles. The monoisotopic (exact) mass is 354 g/mol. The predicted octanol–water partition coefficient (Wildman–Crippen LogP) is 3.08. The molecule has 1 aliphatic heterocycles. The topological polar surface area (TPSA) is 58.6 Å². The second-order valence-corrected chi connectivity index (χ2v) is 6.87. The van der Waals surface area contributed by atoms with E-state index in [4.69, 9.17) is 4.74 Å². The molecule has 0 radical (unpaired) electrons. The van der Waals surface area contributed by atoms with Crippen molar-refractivity contribution in [3.63, 3.8) is 0 Å². The fourth-order valence-electron chi connectivity index (χ4n) is 2.14. The minimum absolute atomic E-state index is 0.108. The van der Waals surface area contributed by atoms with Crippen molar-refractivity contribution in [1.82, 2.24) is 5.32 Å². The molecule has 1 aromatic carbocycles. The average Bonchev–Trinajstić information content (AvgIpc) is 2.70. The van der Waals surface area contributed by atoms with E-state index in [0.29, 0.717) is 13.0 Å². The summed E-state index contributed by atoms with van der Waals surface area (Å²) in [5, 5.41) is 2.63. The Morgan fingerprint density at radius 2 is 1.95 bits per heavy atom. The third-order valence-electron chi connectivity index (χ3n) is 3.03. The van der Waals surface area contributed by atoms with Crippen molar-refractivity contribution in [3.8, 4) is 0 Å². The van der Waals surface area contributed by atoms with Gasteiger partial charge in [-0.05, 0) is 51.5 Å². The molecule has 0 aliphatic carbocycles. The quantitative estimate of drug-likeness (QED) is 0.887. The van der Waals surface area contributed by atoms with Crippen molar-refractivity contribution >= 4 is 33.6 Å². The number of anilines is 1. The highest BCUT2D eigenvalue weighted by Crippen LogP contribution is 2.23. The molecule has 5 nitrogen and oxygen atoms in total. The van der Waals surface area contributed by atoms with Crippen molar-refractivity contribution in [2.45, 2.75) is 38.8 Å². The summed E-state index contributed by atoms with van der Waals surface area (Å²) < 4.78 is 6.14. The maximum Gasteiger partial charge on any atom is 0.408 e.